The molecule has 3 rings (SSSR count). The van der Waals surface area contributed by atoms with Crippen LogP contribution >= 0.6 is 0 Å². The summed E-state index contributed by atoms with van der Waals surface area (Å²) in [6, 6.07) is 0. The second-order valence-corrected chi connectivity index (χ2v) is 4.75. The smallest absolute Gasteiger partial charge is 0.195 e. The summed E-state index contributed by atoms with van der Waals surface area (Å²) in [6.45, 7) is 7.86. The minimum Gasteiger partial charge on any atom is -0.342 e. The minimum absolute atomic E-state index is 0.0301. The number of rotatable bonds is 0. The molecule has 0 radical (unpaired) electrons. The van der Waals surface area contributed by atoms with Crippen molar-refractivity contribution in [2.45, 2.75) is 63.7 Å². The third kappa shape index (κ3) is 0.877. The van der Waals surface area contributed by atoms with Crippen molar-refractivity contribution in [2.24, 2.45) is 0 Å². The largest absolute Gasteiger partial charge is 0.342 e. The Morgan fingerprint density at radius 1 is 0.714 bits per heavy atom. The molecular weight excluding hydrogens is 184 g/mol. The van der Waals surface area contributed by atoms with Gasteiger partial charge >= 0.3 is 0 Å². The molecule has 6 unspecified atom stereocenters. The highest BCUT2D eigenvalue weighted by Crippen LogP contribution is 2.51. The van der Waals surface area contributed by atoms with Crippen LogP contribution in [0.4, 0.5) is 0 Å². The number of hydrogen-bond acceptors (Lipinski definition) is 4. The molecular formula is C10H16O4. The first-order chi connectivity index (χ1) is 6.45. The topological polar surface area (TPSA) is 36.9 Å². The number of ether oxygens (including phenoxy) is 4. The third-order valence-electron chi connectivity index (χ3n) is 3.45. The molecule has 4 heteroatoms. The van der Waals surface area contributed by atoms with Gasteiger partial charge in [-0.2, -0.15) is 0 Å². The lowest BCUT2D eigenvalue weighted by Crippen LogP contribution is -2.53. The molecule has 0 N–H and O–H groups in total. The second kappa shape index (κ2) is 2.32. The van der Waals surface area contributed by atoms with Crippen molar-refractivity contribution < 1.29 is 18.9 Å². The quantitative estimate of drug-likeness (QED) is 0.585. The van der Waals surface area contributed by atoms with Crippen molar-refractivity contribution in [1.29, 1.82) is 0 Å². The van der Waals surface area contributed by atoms with Crippen molar-refractivity contribution in [3.05, 3.63) is 0 Å². The summed E-state index contributed by atoms with van der Waals surface area (Å²) in [5.74, 6) is -1.25. The zero-order valence-electron chi connectivity index (χ0n) is 8.94. The van der Waals surface area contributed by atoms with E-state index in [1.54, 1.807) is 0 Å². The highest BCUT2D eigenvalue weighted by atomic mass is 16.9. The maximum Gasteiger partial charge on any atom is 0.195 e. The summed E-state index contributed by atoms with van der Waals surface area (Å²) < 4.78 is 23.4. The van der Waals surface area contributed by atoms with Gasteiger partial charge in [0, 0.05) is 0 Å². The zero-order chi connectivity index (χ0) is 10.1. The van der Waals surface area contributed by atoms with Gasteiger partial charge in [0.1, 0.15) is 12.2 Å². The SMILES string of the molecule is CC1OC2(C)OC1C1(C)OC(C)C2O1. The van der Waals surface area contributed by atoms with Crippen molar-refractivity contribution >= 4 is 0 Å². The molecule has 4 bridgehead atoms. The monoisotopic (exact) mass is 200 g/mol. The Balaban J connectivity index is 2.04. The zero-order valence-corrected chi connectivity index (χ0v) is 8.94. The maximum absolute atomic E-state index is 5.89. The van der Waals surface area contributed by atoms with Gasteiger partial charge in [-0.1, -0.05) is 0 Å². The van der Waals surface area contributed by atoms with E-state index in [0.29, 0.717) is 0 Å². The normalized spacial score (nSPS) is 66.0. The van der Waals surface area contributed by atoms with Crippen molar-refractivity contribution in [1.82, 2.24) is 0 Å². The molecule has 4 nitrogen and oxygen atoms in total. The molecule has 3 fully saturated rings. The molecule has 0 aromatic heterocycles. The van der Waals surface area contributed by atoms with Crippen molar-refractivity contribution in [2.75, 3.05) is 0 Å². The Kier molecular flexibility index (Phi) is 1.51. The van der Waals surface area contributed by atoms with E-state index in [2.05, 4.69) is 0 Å². The summed E-state index contributed by atoms with van der Waals surface area (Å²) in [4.78, 5) is 0. The lowest BCUT2D eigenvalue weighted by Gasteiger charge is -2.37. The third-order valence-corrected chi connectivity index (χ3v) is 3.45. The molecule has 0 amide bonds. The molecule has 80 valence electrons. The Morgan fingerprint density at radius 2 is 1.07 bits per heavy atom. The van der Waals surface area contributed by atoms with Crippen LogP contribution in [0, 0.1) is 0 Å². The predicted octanol–water partition coefficient (Wildman–Crippen LogP) is 1.04. The van der Waals surface area contributed by atoms with E-state index in [9.17, 15) is 0 Å². The van der Waals surface area contributed by atoms with Crippen LogP contribution in [0.15, 0.2) is 0 Å². The van der Waals surface area contributed by atoms with E-state index in [0.717, 1.165) is 0 Å². The van der Waals surface area contributed by atoms with Gasteiger partial charge in [0.2, 0.25) is 0 Å². The number of hydrogen-bond donors (Lipinski definition) is 0. The molecule has 0 aromatic carbocycles. The molecule has 3 saturated heterocycles. The van der Waals surface area contributed by atoms with Crippen LogP contribution in [0.2, 0.25) is 0 Å². The van der Waals surface area contributed by atoms with Crippen LogP contribution in [0.3, 0.4) is 0 Å². The van der Waals surface area contributed by atoms with E-state index in [1.165, 1.54) is 0 Å². The fourth-order valence-electron chi connectivity index (χ4n) is 2.95. The van der Waals surface area contributed by atoms with Crippen LogP contribution in [0.25, 0.3) is 0 Å². The van der Waals surface area contributed by atoms with Crippen molar-refractivity contribution in [3.63, 3.8) is 0 Å². The molecule has 14 heavy (non-hydrogen) atoms. The highest BCUT2D eigenvalue weighted by molar-refractivity contribution is 5.04. The van der Waals surface area contributed by atoms with Gasteiger partial charge in [0.05, 0.1) is 12.2 Å². The Morgan fingerprint density at radius 3 is 1.43 bits per heavy atom. The Hall–Kier alpha value is -0.160. The average Bonchev–Trinajstić information content (AvgIpc) is 2.49. The molecule has 3 heterocycles. The van der Waals surface area contributed by atoms with Crippen LogP contribution in [-0.2, 0) is 18.9 Å². The van der Waals surface area contributed by atoms with E-state index in [4.69, 9.17) is 18.9 Å². The Labute approximate surface area is 83.5 Å². The van der Waals surface area contributed by atoms with Crippen molar-refractivity contribution in [3.8, 4) is 0 Å². The van der Waals surface area contributed by atoms with Crippen LogP contribution in [-0.4, -0.2) is 36.0 Å². The van der Waals surface area contributed by atoms with Crippen LogP contribution in [0.1, 0.15) is 27.7 Å². The van der Waals surface area contributed by atoms with Gasteiger partial charge < -0.3 is 18.9 Å². The van der Waals surface area contributed by atoms with Gasteiger partial charge in [-0.3, -0.25) is 0 Å². The fraction of sp³-hybridized carbons (Fsp3) is 1.00. The molecule has 0 saturated carbocycles. The maximum atomic E-state index is 5.89. The van der Waals surface area contributed by atoms with Gasteiger partial charge in [0.15, 0.2) is 11.6 Å². The van der Waals surface area contributed by atoms with Gasteiger partial charge in [-0.15, -0.1) is 0 Å². The van der Waals surface area contributed by atoms with Gasteiger partial charge in [-0.25, -0.2) is 0 Å². The summed E-state index contributed by atoms with van der Waals surface area (Å²) in [6.07, 6.45) is -0.174. The van der Waals surface area contributed by atoms with Crippen LogP contribution in [0.5, 0.6) is 0 Å². The van der Waals surface area contributed by atoms with E-state index < -0.39 is 11.6 Å². The first-order valence-electron chi connectivity index (χ1n) is 5.16. The molecule has 3 aliphatic heterocycles. The summed E-state index contributed by atoms with van der Waals surface area (Å²) in [5, 5.41) is 0. The molecule has 0 aromatic rings. The lowest BCUT2D eigenvalue weighted by molar-refractivity contribution is -0.313. The first-order valence-corrected chi connectivity index (χ1v) is 5.16. The summed E-state index contributed by atoms with van der Waals surface area (Å²) in [5.41, 5.74) is 0. The van der Waals surface area contributed by atoms with Crippen LogP contribution < -0.4 is 0 Å². The Bertz CT molecular complexity index is 253. The number of fused-ring (bicyclic) bond motifs is 6. The van der Waals surface area contributed by atoms with Gasteiger partial charge in [-0.05, 0) is 27.7 Å². The molecule has 0 spiro atoms. The van der Waals surface area contributed by atoms with E-state index >= 15 is 0 Å². The summed E-state index contributed by atoms with van der Waals surface area (Å²) in [7, 11) is 0. The van der Waals surface area contributed by atoms with E-state index in [-0.39, 0.29) is 24.4 Å². The predicted molar refractivity (Wildman–Crippen MR) is 47.7 cm³/mol. The second-order valence-electron chi connectivity index (χ2n) is 4.75. The lowest BCUT2D eigenvalue weighted by atomic mass is 10.1. The van der Waals surface area contributed by atoms with E-state index in [1.807, 2.05) is 27.7 Å². The fourth-order valence-corrected chi connectivity index (χ4v) is 2.95. The standard InChI is InChI=1S/C10H16O4/c1-5-7-9(3)12-6(2)8(14-9)10(4,11-5)13-7/h5-8H,1-4H3. The van der Waals surface area contributed by atoms with Gasteiger partial charge in [0.25, 0.3) is 0 Å². The highest BCUT2D eigenvalue weighted by Gasteiger charge is 2.68. The molecule has 6 atom stereocenters. The summed E-state index contributed by atoms with van der Waals surface area (Å²) >= 11 is 0. The minimum atomic E-state index is -0.625. The average molecular weight is 200 g/mol. The molecule has 3 aliphatic rings. The first kappa shape index (κ1) is 9.09. The molecule has 0 aliphatic carbocycles.